The van der Waals surface area contributed by atoms with Crippen LogP contribution >= 0.6 is 0 Å². The summed E-state index contributed by atoms with van der Waals surface area (Å²) in [7, 11) is 0. The Balaban J connectivity index is 1.97. The van der Waals surface area contributed by atoms with Gasteiger partial charge in [0.15, 0.2) is 5.78 Å². The van der Waals surface area contributed by atoms with Crippen LogP contribution in [-0.2, 0) is 4.74 Å². The topological polar surface area (TPSA) is 26.3 Å². The molecule has 0 bridgehead atoms. The van der Waals surface area contributed by atoms with Crippen LogP contribution in [0.25, 0.3) is 0 Å². The predicted octanol–water partition coefficient (Wildman–Crippen LogP) is 8.93. The van der Waals surface area contributed by atoms with E-state index in [0.29, 0.717) is 0 Å². The van der Waals surface area contributed by atoms with Crippen LogP contribution in [0.15, 0.2) is 30.3 Å². The minimum atomic E-state index is 0.0951. The van der Waals surface area contributed by atoms with Gasteiger partial charge in [-0.3, -0.25) is 4.79 Å². The quantitative estimate of drug-likeness (QED) is 0.148. The molecule has 1 unspecified atom stereocenters. The molecule has 0 spiro atoms. The fourth-order valence-corrected chi connectivity index (χ4v) is 4.10. The van der Waals surface area contributed by atoms with Gasteiger partial charge in [0.25, 0.3) is 0 Å². The first kappa shape index (κ1) is 26.9. The summed E-state index contributed by atoms with van der Waals surface area (Å²) in [6.45, 7) is 4.69. The third kappa shape index (κ3) is 14.8. The van der Waals surface area contributed by atoms with Crippen molar-refractivity contribution in [2.45, 2.75) is 129 Å². The zero-order valence-corrected chi connectivity index (χ0v) is 20.0. The third-order valence-electron chi connectivity index (χ3n) is 6.04. The van der Waals surface area contributed by atoms with Crippen molar-refractivity contribution in [1.82, 2.24) is 0 Å². The SMILES string of the molecule is CCCCCCCCCCCCCCCCC(CCC)OCC(=O)c1ccccc1. The number of ketones is 1. The van der Waals surface area contributed by atoms with E-state index in [1.54, 1.807) is 0 Å². The van der Waals surface area contributed by atoms with Crippen LogP contribution in [0.3, 0.4) is 0 Å². The summed E-state index contributed by atoms with van der Waals surface area (Å²) >= 11 is 0. The van der Waals surface area contributed by atoms with Gasteiger partial charge < -0.3 is 4.74 Å². The van der Waals surface area contributed by atoms with Crippen molar-refractivity contribution in [1.29, 1.82) is 0 Å². The number of benzene rings is 1. The second kappa shape index (κ2) is 19.8. The van der Waals surface area contributed by atoms with E-state index in [0.717, 1.165) is 24.8 Å². The predicted molar refractivity (Wildman–Crippen MR) is 130 cm³/mol. The average molecular weight is 417 g/mol. The first-order valence-corrected chi connectivity index (χ1v) is 13.0. The van der Waals surface area contributed by atoms with Crippen molar-refractivity contribution >= 4 is 5.78 Å². The molecule has 0 fully saturated rings. The summed E-state index contributed by atoms with van der Waals surface area (Å²) in [6.07, 6.45) is 22.9. The van der Waals surface area contributed by atoms with Crippen molar-refractivity contribution in [3.05, 3.63) is 35.9 Å². The van der Waals surface area contributed by atoms with Crippen molar-refractivity contribution in [3.63, 3.8) is 0 Å². The lowest BCUT2D eigenvalue weighted by atomic mass is 10.0. The number of hydrogen-bond acceptors (Lipinski definition) is 2. The molecule has 1 atom stereocenters. The number of hydrogen-bond donors (Lipinski definition) is 0. The van der Waals surface area contributed by atoms with Gasteiger partial charge in [0.05, 0.1) is 6.10 Å². The Kier molecular flexibility index (Phi) is 17.7. The Morgan fingerprint density at radius 3 is 1.67 bits per heavy atom. The van der Waals surface area contributed by atoms with Crippen LogP contribution in [0.5, 0.6) is 0 Å². The molecular weight excluding hydrogens is 368 g/mol. The highest BCUT2D eigenvalue weighted by molar-refractivity contribution is 5.97. The molecular formula is C28H48O2. The molecule has 0 N–H and O–H groups in total. The first-order chi connectivity index (χ1) is 14.8. The van der Waals surface area contributed by atoms with E-state index in [9.17, 15) is 4.79 Å². The first-order valence-electron chi connectivity index (χ1n) is 13.0. The molecule has 2 heteroatoms. The van der Waals surface area contributed by atoms with Crippen LogP contribution in [0.4, 0.5) is 0 Å². The molecule has 0 aliphatic rings. The summed E-state index contributed by atoms with van der Waals surface area (Å²) in [5.41, 5.74) is 0.754. The molecule has 0 saturated carbocycles. The summed E-state index contributed by atoms with van der Waals surface area (Å²) in [5, 5.41) is 0. The highest BCUT2D eigenvalue weighted by Gasteiger charge is 2.12. The molecule has 1 rings (SSSR count). The lowest BCUT2D eigenvalue weighted by molar-refractivity contribution is 0.0363. The summed E-state index contributed by atoms with van der Waals surface area (Å²) in [4.78, 5) is 12.2. The molecule has 0 aliphatic carbocycles. The van der Waals surface area contributed by atoms with E-state index in [2.05, 4.69) is 13.8 Å². The number of rotatable bonds is 21. The van der Waals surface area contributed by atoms with Gasteiger partial charge in [-0.15, -0.1) is 0 Å². The lowest BCUT2D eigenvalue weighted by Crippen LogP contribution is -2.18. The highest BCUT2D eigenvalue weighted by Crippen LogP contribution is 2.16. The van der Waals surface area contributed by atoms with Gasteiger partial charge in [0.2, 0.25) is 0 Å². The van der Waals surface area contributed by atoms with Gasteiger partial charge in [-0.05, 0) is 12.8 Å². The smallest absolute Gasteiger partial charge is 0.188 e. The fraction of sp³-hybridized carbons (Fsp3) is 0.750. The summed E-state index contributed by atoms with van der Waals surface area (Å²) in [6, 6.07) is 9.49. The second-order valence-corrected chi connectivity index (χ2v) is 8.90. The summed E-state index contributed by atoms with van der Waals surface area (Å²) in [5.74, 6) is 0.0951. The van der Waals surface area contributed by atoms with E-state index < -0.39 is 0 Å². The number of unbranched alkanes of at least 4 members (excludes halogenated alkanes) is 13. The number of carbonyl (C=O) groups is 1. The van der Waals surface area contributed by atoms with Crippen LogP contribution in [0.1, 0.15) is 133 Å². The Labute approximate surface area is 187 Å². The van der Waals surface area contributed by atoms with Gasteiger partial charge in [-0.2, -0.15) is 0 Å². The number of carbonyl (C=O) groups excluding carboxylic acids is 1. The molecule has 1 aromatic rings. The average Bonchev–Trinajstić information content (AvgIpc) is 2.78. The largest absolute Gasteiger partial charge is 0.370 e. The molecule has 0 radical (unpaired) electrons. The van der Waals surface area contributed by atoms with E-state index in [-0.39, 0.29) is 18.5 Å². The van der Waals surface area contributed by atoms with Crippen molar-refractivity contribution in [3.8, 4) is 0 Å². The number of ether oxygens (including phenoxy) is 1. The maximum atomic E-state index is 12.2. The molecule has 0 heterocycles. The van der Waals surface area contributed by atoms with E-state index in [1.807, 2.05) is 30.3 Å². The normalized spacial score (nSPS) is 12.2. The molecule has 30 heavy (non-hydrogen) atoms. The zero-order valence-electron chi connectivity index (χ0n) is 20.0. The zero-order chi connectivity index (χ0) is 21.7. The van der Waals surface area contributed by atoms with Gasteiger partial charge in [-0.1, -0.05) is 140 Å². The van der Waals surface area contributed by atoms with Crippen molar-refractivity contribution in [2.24, 2.45) is 0 Å². The maximum absolute atomic E-state index is 12.2. The molecule has 1 aromatic carbocycles. The van der Waals surface area contributed by atoms with Gasteiger partial charge in [-0.25, -0.2) is 0 Å². The van der Waals surface area contributed by atoms with E-state index in [1.165, 1.54) is 89.9 Å². The van der Waals surface area contributed by atoms with Gasteiger partial charge in [0, 0.05) is 5.56 Å². The molecule has 2 nitrogen and oxygen atoms in total. The fourth-order valence-electron chi connectivity index (χ4n) is 4.10. The highest BCUT2D eigenvalue weighted by atomic mass is 16.5. The minimum Gasteiger partial charge on any atom is -0.370 e. The molecule has 0 amide bonds. The minimum absolute atomic E-state index is 0.0951. The maximum Gasteiger partial charge on any atom is 0.188 e. The van der Waals surface area contributed by atoms with Gasteiger partial charge >= 0.3 is 0 Å². The van der Waals surface area contributed by atoms with Crippen molar-refractivity contribution < 1.29 is 9.53 Å². The molecule has 0 saturated heterocycles. The Morgan fingerprint density at radius 2 is 1.17 bits per heavy atom. The monoisotopic (exact) mass is 416 g/mol. The molecule has 172 valence electrons. The van der Waals surface area contributed by atoms with E-state index in [4.69, 9.17) is 4.74 Å². The van der Waals surface area contributed by atoms with Gasteiger partial charge in [0.1, 0.15) is 6.61 Å². The second-order valence-electron chi connectivity index (χ2n) is 8.90. The van der Waals surface area contributed by atoms with E-state index >= 15 is 0 Å². The van der Waals surface area contributed by atoms with Crippen molar-refractivity contribution in [2.75, 3.05) is 6.61 Å². The summed E-state index contributed by atoms with van der Waals surface area (Å²) < 4.78 is 5.96. The van der Waals surface area contributed by atoms with Crippen LogP contribution < -0.4 is 0 Å². The van der Waals surface area contributed by atoms with Crippen LogP contribution in [0, 0.1) is 0 Å². The Bertz CT molecular complexity index is 497. The molecule has 0 aromatic heterocycles. The Morgan fingerprint density at radius 1 is 0.667 bits per heavy atom. The lowest BCUT2D eigenvalue weighted by Gasteiger charge is -2.17. The third-order valence-corrected chi connectivity index (χ3v) is 6.04. The standard InChI is InChI=1S/C28H48O2/c1-3-5-6-7-8-9-10-11-12-13-14-15-16-20-24-27(21-4-2)30-25-28(29)26-22-18-17-19-23-26/h17-19,22-23,27H,3-16,20-21,24-25H2,1-2H3. The number of Topliss-reactive ketones (excluding diaryl/α,β-unsaturated/α-hetero) is 1. The molecule has 0 aliphatic heterocycles. The van der Waals surface area contributed by atoms with Crippen LogP contribution in [0.2, 0.25) is 0 Å². The van der Waals surface area contributed by atoms with Crippen LogP contribution in [-0.4, -0.2) is 18.5 Å². The Hall–Kier alpha value is -1.15.